The predicted octanol–water partition coefficient (Wildman–Crippen LogP) is 2.47. The van der Waals surface area contributed by atoms with E-state index in [2.05, 4.69) is 19.8 Å². The highest BCUT2D eigenvalue weighted by atomic mass is 16.5. The average Bonchev–Trinajstić information content (AvgIpc) is 3.34. The van der Waals surface area contributed by atoms with Gasteiger partial charge in [0.1, 0.15) is 11.5 Å². The number of carbonyl (C=O) groups excluding carboxylic acids is 1. The number of aromatic nitrogens is 4. The molecule has 1 aliphatic heterocycles. The zero-order chi connectivity index (χ0) is 23.7. The number of hydrogen-bond acceptors (Lipinski definition) is 7. The van der Waals surface area contributed by atoms with Gasteiger partial charge >= 0.3 is 5.97 Å². The van der Waals surface area contributed by atoms with Crippen molar-refractivity contribution in [3.63, 3.8) is 0 Å². The lowest BCUT2D eigenvalue weighted by Gasteiger charge is -2.31. The SMILES string of the molecule is COC(=O)c1cccc(Cn2cc(-c3cccc4c(=O)cc(N5CCOCC5)n(C)c34)nn2)c1. The zero-order valence-corrected chi connectivity index (χ0v) is 19.1. The van der Waals surface area contributed by atoms with Gasteiger partial charge in [-0.1, -0.05) is 29.5 Å². The first kappa shape index (κ1) is 21.8. The zero-order valence-electron chi connectivity index (χ0n) is 19.1. The number of aryl methyl sites for hydroxylation is 1. The summed E-state index contributed by atoms with van der Waals surface area (Å²) in [7, 11) is 3.33. The van der Waals surface area contributed by atoms with Crippen LogP contribution in [-0.4, -0.2) is 58.9 Å². The van der Waals surface area contributed by atoms with Crippen LogP contribution < -0.4 is 10.3 Å². The first-order valence-corrected chi connectivity index (χ1v) is 11.1. The molecule has 5 rings (SSSR count). The van der Waals surface area contributed by atoms with Gasteiger partial charge in [-0.15, -0.1) is 5.10 Å². The highest BCUT2D eigenvalue weighted by Gasteiger charge is 2.19. The van der Waals surface area contributed by atoms with Crippen molar-refractivity contribution in [1.82, 2.24) is 19.6 Å². The monoisotopic (exact) mass is 459 g/mol. The summed E-state index contributed by atoms with van der Waals surface area (Å²) in [4.78, 5) is 27.0. The molecule has 0 spiro atoms. The molecule has 9 heteroatoms. The molecule has 4 aromatic rings. The number of hydrogen-bond donors (Lipinski definition) is 0. The number of methoxy groups -OCH3 is 1. The molecule has 0 N–H and O–H groups in total. The Labute approximate surface area is 196 Å². The second kappa shape index (κ2) is 9.11. The maximum absolute atomic E-state index is 13.0. The van der Waals surface area contributed by atoms with Crippen molar-refractivity contribution in [3.05, 3.63) is 76.1 Å². The van der Waals surface area contributed by atoms with E-state index in [-0.39, 0.29) is 11.4 Å². The fourth-order valence-corrected chi connectivity index (χ4v) is 4.41. The molecule has 174 valence electrons. The molecule has 1 fully saturated rings. The van der Waals surface area contributed by atoms with Gasteiger partial charge in [-0.2, -0.15) is 0 Å². The standard InChI is InChI=1S/C25H25N5O4/c1-28-23(29-9-11-34-12-10-29)14-22(31)20-8-4-7-19(24(20)28)21-16-30(27-26-21)15-17-5-3-6-18(13-17)25(32)33-2/h3-8,13-14,16H,9-12,15H2,1-2H3. The summed E-state index contributed by atoms with van der Waals surface area (Å²) < 4.78 is 14.0. The third-order valence-corrected chi connectivity index (χ3v) is 6.08. The van der Waals surface area contributed by atoms with Crippen molar-refractivity contribution < 1.29 is 14.3 Å². The number of rotatable bonds is 5. The van der Waals surface area contributed by atoms with E-state index in [1.807, 2.05) is 43.6 Å². The minimum Gasteiger partial charge on any atom is -0.465 e. The minimum absolute atomic E-state index is 0.0246. The van der Waals surface area contributed by atoms with Gasteiger partial charge in [0.15, 0.2) is 5.43 Å². The number of para-hydroxylation sites is 1. The van der Waals surface area contributed by atoms with E-state index < -0.39 is 0 Å². The third-order valence-electron chi connectivity index (χ3n) is 6.08. The Morgan fingerprint density at radius 2 is 1.91 bits per heavy atom. The van der Waals surface area contributed by atoms with Crippen LogP contribution in [-0.2, 0) is 23.1 Å². The maximum atomic E-state index is 13.0. The van der Waals surface area contributed by atoms with Gasteiger partial charge in [0.25, 0.3) is 0 Å². The molecule has 2 aromatic carbocycles. The summed E-state index contributed by atoms with van der Waals surface area (Å²) in [6.45, 7) is 3.20. The van der Waals surface area contributed by atoms with Crippen molar-refractivity contribution in [2.45, 2.75) is 6.54 Å². The summed E-state index contributed by atoms with van der Waals surface area (Å²) in [6, 6.07) is 14.6. The van der Waals surface area contributed by atoms with Crippen LogP contribution in [0.25, 0.3) is 22.2 Å². The smallest absolute Gasteiger partial charge is 0.337 e. The second-order valence-corrected chi connectivity index (χ2v) is 8.22. The molecule has 3 heterocycles. The molecule has 0 bridgehead atoms. The second-order valence-electron chi connectivity index (χ2n) is 8.22. The maximum Gasteiger partial charge on any atom is 0.337 e. The fraction of sp³-hybridized carbons (Fsp3) is 0.280. The molecule has 34 heavy (non-hydrogen) atoms. The Morgan fingerprint density at radius 3 is 2.71 bits per heavy atom. The summed E-state index contributed by atoms with van der Waals surface area (Å²) >= 11 is 0. The van der Waals surface area contributed by atoms with Crippen LogP contribution >= 0.6 is 0 Å². The molecular weight excluding hydrogens is 434 g/mol. The summed E-state index contributed by atoms with van der Waals surface area (Å²) in [6.07, 6.45) is 1.85. The molecule has 2 aromatic heterocycles. The molecule has 1 saturated heterocycles. The van der Waals surface area contributed by atoms with Crippen molar-refractivity contribution in [2.75, 3.05) is 38.3 Å². The van der Waals surface area contributed by atoms with Gasteiger partial charge < -0.3 is 18.9 Å². The fourth-order valence-electron chi connectivity index (χ4n) is 4.41. The Hall–Kier alpha value is -3.98. The first-order chi connectivity index (χ1) is 16.5. The number of carbonyl (C=O) groups is 1. The van der Waals surface area contributed by atoms with Crippen molar-refractivity contribution >= 4 is 22.7 Å². The first-order valence-electron chi connectivity index (χ1n) is 11.1. The van der Waals surface area contributed by atoms with Gasteiger partial charge in [0.05, 0.1) is 44.1 Å². The predicted molar refractivity (Wildman–Crippen MR) is 128 cm³/mol. The summed E-state index contributed by atoms with van der Waals surface area (Å²) in [5.41, 5.74) is 3.68. The number of ether oxygens (including phenoxy) is 2. The molecule has 0 atom stereocenters. The number of morpholine rings is 1. The van der Waals surface area contributed by atoms with Crippen LogP contribution in [0, 0.1) is 0 Å². The van der Waals surface area contributed by atoms with E-state index in [4.69, 9.17) is 9.47 Å². The number of nitrogens with zero attached hydrogens (tertiary/aromatic N) is 5. The summed E-state index contributed by atoms with van der Waals surface area (Å²) in [5, 5.41) is 9.32. The molecule has 0 unspecified atom stereocenters. The lowest BCUT2D eigenvalue weighted by molar-refractivity contribution is 0.0600. The van der Waals surface area contributed by atoms with Gasteiger partial charge in [-0.3, -0.25) is 4.79 Å². The van der Waals surface area contributed by atoms with Gasteiger partial charge in [0, 0.05) is 37.2 Å². The Balaban J connectivity index is 1.52. The van der Waals surface area contributed by atoms with E-state index in [9.17, 15) is 9.59 Å². The van der Waals surface area contributed by atoms with Crippen molar-refractivity contribution in [3.8, 4) is 11.3 Å². The Bertz CT molecular complexity index is 1420. The van der Waals surface area contributed by atoms with E-state index in [1.54, 1.807) is 22.9 Å². The largest absolute Gasteiger partial charge is 0.465 e. The van der Waals surface area contributed by atoms with Crippen LogP contribution in [0.5, 0.6) is 0 Å². The van der Waals surface area contributed by atoms with E-state index in [1.165, 1.54) is 7.11 Å². The molecule has 1 aliphatic rings. The number of anilines is 1. The van der Waals surface area contributed by atoms with Crippen LogP contribution in [0.2, 0.25) is 0 Å². The quantitative estimate of drug-likeness (QED) is 0.424. The van der Waals surface area contributed by atoms with Gasteiger partial charge in [0.2, 0.25) is 0 Å². The molecular formula is C25H25N5O4. The number of esters is 1. The minimum atomic E-state index is -0.381. The van der Waals surface area contributed by atoms with Gasteiger partial charge in [-0.25, -0.2) is 9.48 Å². The van der Waals surface area contributed by atoms with Gasteiger partial charge in [-0.05, 0) is 23.8 Å². The highest BCUT2D eigenvalue weighted by Crippen LogP contribution is 2.28. The van der Waals surface area contributed by atoms with Crippen LogP contribution in [0.1, 0.15) is 15.9 Å². The normalized spacial score (nSPS) is 13.9. The number of fused-ring (bicyclic) bond motifs is 1. The average molecular weight is 460 g/mol. The summed E-state index contributed by atoms with van der Waals surface area (Å²) in [5.74, 6) is 0.481. The van der Waals surface area contributed by atoms with Crippen LogP contribution in [0.4, 0.5) is 5.82 Å². The Kier molecular flexibility index (Phi) is 5.85. The van der Waals surface area contributed by atoms with E-state index in [0.29, 0.717) is 36.4 Å². The molecule has 0 radical (unpaired) electrons. The molecule has 9 nitrogen and oxygen atoms in total. The highest BCUT2D eigenvalue weighted by molar-refractivity contribution is 5.94. The molecule has 0 saturated carbocycles. The van der Waals surface area contributed by atoms with Crippen LogP contribution in [0.15, 0.2) is 59.5 Å². The van der Waals surface area contributed by atoms with E-state index >= 15 is 0 Å². The van der Waals surface area contributed by atoms with Crippen molar-refractivity contribution in [2.24, 2.45) is 7.05 Å². The lowest BCUT2D eigenvalue weighted by Crippen LogP contribution is -2.38. The lowest BCUT2D eigenvalue weighted by atomic mass is 10.1. The van der Waals surface area contributed by atoms with Crippen molar-refractivity contribution in [1.29, 1.82) is 0 Å². The Morgan fingerprint density at radius 1 is 1.12 bits per heavy atom. The van der Waals surface area contributed by atoms with E-state index in [0.717, 1.165) is 35.6 Å². The topological polar surface area (TPSA) is 91.5 Å². The number of pyridine rings is 1. The number of benzene rings is 2. The molecule has 0 aliphatic carbocycles. The molecule has 0 amide bonds. The third kappa shape index (κ3) is 4.06. The van der Waals surface area contributed by atoms with Crippen LogP contribution in [0.3, 0.4) is 0 Å².